The van der Waals surface area contributed by atoms with E-state index in [-0.39, 0.29) is 35.4 Å². The summed E-state index contributed by atoms with van der Waals surface area (Å²) >= 11 is 0. The Labute approximate surface area is 323 Å². The van der Waals surface area contributed by atoms with Crippen LogP contribution in [0.4, 0.5) is 15.8 Å². The van der Waals surface area contributed by atoms with Crippen LogP contribution >= 0.6 is 0 Å². The van der Waals surface area contributed by atoms with E-state index in [0.717, 1.165) is 80.5 Å². The van der Waals surface area contributed by atoms with Gasteiger partial charge in [-0.1, -0.05) is 6.07 Å². The molecule has 3 aliphatic rings. The van der Waals surface area contributed by atoms with Crippen LogP contribution in [0.3, 0.4) is 0 Å². The Bertz CT molecular complexity index is 2380. The maximum Gasteiger partial charge on any atom is 0.329 e. The normalized spacial score (nSPS) is 21.1. The third-order valence-electron chi connectivity index (χ3n) is 11.7. The van der Waals surface area contributed by atoms with Crippen molar-refractivity contribution in [2.45, 2.75) is 70.1 Å². The molecule has 0 radical (unpaired) electrons. The minimum atomic E-state index is -1.67. The molecule has 3 amide bonds. The lowest BCUT2D eigenvalue weighted by Crippen LogP contribution is -2.48. The van der Waals surface area contributed by atoms with Crippen LogP contribution in [0.5, 0.6) is 5.75 Å². The van der Waals surface area contributed by atoms with Crippen molar-refractivity contribution in [2.75, 3.05) is 50.1 Å². The summed E-state index contributed by atoms with van der Waals surface area (Å²) in [6, 6.07) is 14.0. The fraction of sp³-hybridized carbons (Fsp3) is 0.463. The average Bonchev–Trinajstić information content (AvgIpc) is 3.71. The highest BCUT2D eigenvalue weighted by atomic mass is 19.1. The zero-order chi connectivity index (χ0) is 39.3. The maximum absolute atomic E-state index is 14.5. The van der Waals surface area contributed by atoms with E-state index in [1.807, 2.05) is 36.5 Å². The fourth-order valence-electron chi connectivity index (χ4n) is 8.53. The minimum Gasteiger partial charge on any atom is -0.494 e. The third-order valence-corrected chi connectivity index (χ3v) is 11.7. The van der Waals surface area contributed by atoms with E-state index < -0.39 is 23.5 Å². The molecule has 2 N–H and O–H groups in total. The number of amides is 3. The van der Waals surface area contributed by atoms with Gasteiger partial charge in [0.15, 0.2) is 0 Å². The van der Waals surface area contributed by atoms with E-state index in [0.29, 0.717) is 29.3 Å². The molecule has 294 valence electrons. The number of imidazole rings is 1. The lowest BCUT2D eigenvalue weighted by molar-refractivity contribution is -0.135. The predicted octanol–water partition coefficient (Wildman–Crippen LogP) is 5.08. The number of imide groups is 1. The monoisotopic (exact) mass is 765 g/mol. The number of carbonyl (C=O) groups excluding carboxylic acids is 3. The summed E-state index contributed by atoms with van der Waals surface area (Å²) < 4.78 is 25.3. The quantitative estimate of drug-likeness (QED) is 0.196. The molecule has 15 heteroatoms. The van der Waals surface area contributed by atoms with E-state index >= 15 is 0 Å². The van der Waals surface area contributed by atoms with Crippen molar-refractivity contribution in [3.8, 4) is 5.75 Å². The number of rotatable bonds is 9. The molecule has 3 fully saturated rings. The number of piperazine rings is 1. The standard InChI is InChI=1S/C41H48FN9O5/c1-41(2,42)36-7-5-6-29(43-36)38(53)44-31-20-26-24-50(46-30(26)22-35(31)56-4)27-10-8-25(9-11-27)23-48-16-18-49(19-17-48)28-12-13-32-34(21-28)47(3)40(55)51(32)33-14-15-37(52)45-39(33)54/h5-7,12-13,20-22,24-25,27,33H,8-11,14-19,23H2,1-4H3,(H,44,53)(H,45,52,54)/t25-,27-,33?. The number of pyridine rings is 1. The van der Waals surface area contributed by atoms with Crippen LogP contribution in [0.1, 0.15) is 80.6 Å². The Hall–Kier alpha value is -5.57. The Balaban J connectivity index is 0.859. The molecule has 0 bridgehead atoms. The van der Waals surface area contributed by atoms with Gasteiger partial charge in [-0.25, -0.2) is 14.2 Å². The van der Waals surface area contributed by atoms with Gasteiger partial charge in [-0.05, 0) is 88.3 Å². The molecule has 2 aromatic carbocycles. The summed E-state index contributed by atoms with van der Waals surface area (Å²) in [7, 11) is 3.28. The first-order valence-corrected chi connectivity index (χ1v) is 19.4. The summed E-state index contributed by atoms with van der Waals surface area (Å²) in [4.78, 5) is 59.8. The second-order valence-electron chi connectivity index (χ2n) is 15.9. The Morgan fingerprint density at radius 1 is 0.982 bits per heavy atom. The lowest BCUT2D eigenvalue weighted by Gasteiger charge is -2.39. The molecule has 14 nitrogen and oxygen atoms in total. The molecule has 1 unspecified atom stereocenters. The van der Waals surface area contributed by atoms with E-state index in [1.54, 1.807) is 36.9 Å². The first-order valence-electron chi connectivity index (χ1n) is 19.4. The van der Waals surface area contributed by atoms with Crippen molar-refractivity contribution in [3.63, 3.8) is 0 Å². The van der Waals surface area contributed by atoms with Gasteiger partial charge in [0.2, 0.25) is 11.8 Å². The van der Waals surface area contributed by atoms with Crippen LogP contribution in [-0.2, 0) is 22.3 Å². The number of benzene rings is 2. The highest BCUT2D eigenvalue weighted by Gasteiger charge is 2.32. The first kappa shape index (κ1) is 37.4. The Morgan fingerprint density at radius 2 is 1.75 bits per heavy atom. The van der Waals surface area contributed by atoms with Crippen molar-refractivity contribution in [1.29, 1.82) is 0 Å². The zero-order valence-corrected chi connectivity index (χ0v) is 32.3. The second kappa shape index (κ2) is 14.8. The molecule has 3 aromatic heterocycles. The second-order valence-corrected chi connectivity index (χ2v) is 15.9. The summed E-state index contributed by atoms with van der Waals surface area (Å²) in [6.07, 6.45) is 6.86. The van der Waals surface area contributed by atoms with Crippen LogP contribution in [-0.4, -0.2) is 86.4 Å². The summed E-state index contributed by atoms with van der Waals surface area (Å²) in [5, 5.41) is 11.1. The molecule has 2 aliphatic heterocycles. The number of nitrogens with zero attached hydrogens (tertiary/aromatic N) is 7. The molecule has 1 saturated carbocycles. The number of anilines is 2. The highest BCUT2D eigenvalue weighted by molar-refractivity contribution is 6.05. The number of ether oxygens (including phenoxy) is 1. The van der Waals surface area contributed by atoms with Gasteiger partial charge in [0, 0.05) is 69.5 Å². The number of halogens is 1. The largest absolute Gasteiger partial charge is 0.494 e. The van der Waals surface area contributed by atoms with E-state index in [9.17, 15) is 23.6 Å². The van der Waals surface area contributed by atoms with Crippen LogP contribution < -0.4 is 26.0 Å². The fourth-order valence-corrected chi connectivity index (χ4v) is 8.53. The Kier molecular flexibility index (Phi) is 9.89. The van der Waals surface area contributed by atoms with Gasteiger partial charge in [0.25, 0.3) is 5.91 Å². The average molecular weight is 766 g/mol. The van der Waals surface area contributed by atoms with E-state index in [2.05, 4.69) is 30.1 Å². The van der Waals surface area contributed by atoms with Gasteiger partial charge < -0.3 is 15.0 Å². The molecule has 1 aliphatic carbocycles. The van der Waals surface area contributed by atoms with Gasteiger partial charge >= 0.3 is 5.69 Å². The maximum atomic E-state index is 14.5. The topological polar surface area (TPSA) is 149 Å². The minimum absolute atomic E-state index is 0.122. The van der Waals surface area contributed by atoms with E-state index in [4.69, 9.17) is 9.84 Å². The summed E-state index contributed by atoms with van der Waals surface area (Å²) in [6.45, 7) is 7.55. The number of carbonyl (C=O) groups is 3. The summed E-state index contributed by atoms with van der Waals surface area (Å²) in [5.74, 6) is -0.0893. The molecular weight excluding hydrogens is 718 g/mol. The number of alkyl halides is 1. The molecule has 0 spiro atoms. The smallest absolute Gasteiger partial charge is 0.329 e. The number of aromatic nitrogens is 5. The number of hydrogen-bond donors (Lipinski definition) is 2. The van der Waals surface area contributed by atoms with Crippen LogP contribution in [0.15, 0.2) is 59.5 Å². The molecule has 2 saturated heterocycles. The van der Waals surface area contributed by atoms with Gasteiger partial charge in [0.05, 0.1) is 41.1 Å². The first-order chi connectivity index (χ1) is 26.9. The zero-order valence-electron chi connectivity index (χ0n) is 32.3. The number of nitrogens with one attached hydrogen (secondary N) is 2. The van der Waals surface area contributed by atoms with Crippen LogP contribution in [0, 0.1) is 5.92 Å². The highest BCUT2D eigenvalue weighted by Crippen LogP contribution is 2.36. The van der Waals surface area contributed by atoms with Gasteiger partial charge in [0.1, 0.15) is 23.2 Å². The van der Waals surface area contributed by atoms with E-state index in [1.165, 1.54) is 18.4 Å². The van der Waals surface area contributed by atoms with Crippen LogP contribution in [0.25, 0.3) is 21.9 Å². The SMILES string of the molecule is COc1cc2nn([C@H]3CC[C@H](CN4CCN(c5ccc6c(c5)n(C)c(=O)n6C5CCC(=O)NC5=O)CC4)CC3)cc2cc1NC(=O)c1cccc(C(C)(C)F)n1. The lowest BCUT2D eigenvalue weighted by atomic mass is 9.85. The molecule has 56 heavy (non-hydrogen) atoms. The Morgan fingerprint density at radius 3 is 2.46 bits per heavy atom. The van der Waals surface area contributed by atoms with Gasteiger partial charge in [-0.3, -0.25) is 38.4 Å². The summed E-state index contributed by atoms with van der Waals surface area (Å²) in [5.41, 5.74) is 2.18. The van der Waals surface area contributed by atoms with Crippen molar-refractivity contribution in [3.05, 3.63) is 76.6 Å². The number of methoxy groups -OCH3 is 1. The van der Waals surface area contributed by atoms with Crippen molar-refractivity contribution in [2.24, 2.45) is 13.0 Å². The molecule has 8 rings (SSSR count). The molecule has 5 aromatic rings. The van der Waals surface area contributed by atoms with Gasteiger partial charge in [-0.2, -0.15) is 5.10 Å². The number of hydrogen-bond acceptors (Lipinski definition) is 9. The number of fused-ring (bicyclic) bond motifs is 2. The van der Waals surface area contributed by atoms with Crippen LogP contribution in [0.2, 0.25) is 0 Å². The van der Waals surface area contributed by atoms with Gasteiger partial charge in [-0.15, -0.1) is 0 Å². The third kappa shape index (κ3) is 7.27. The van der Waals surface area contributed by atoms with Crippen molar-refractivity contribution < 1.29 is 23.5 Å². The van der Waals surface area contributed by atoms with Crippen molar-refractivity contribution >= 4 is 51.0 Å². The molecular formula is C41H48FN9O5. The predicted molar refractivity (Wildman–Crippen MR) is 211 cm³/mol. The van der Waals surface area contributed by atoms with Crippen molar-refractivity contribution in [1.82, 2.24) is 34.1 Å². The molecule has 1 atom stereocenters. The number of piperidine rings is 1. The molecule has 5 heterocycles. The number of aryl methyl sites for hydroxylation is 1.